The average molecular weight is 619 g/mol. The predicted molar refractivity (Wildman–Crippen MR) is 161 cm³/mol. The average Bonchev–Trinajstić information content (AvgIpc) is 3.02. The van der Waals surface area contributed by atoms with E-state index in [0.29, 0.717) is 12.8 Å². The standard InChI is InChI=1S/C34H34O11/c1-17-28(37)32(41)33(42)34(43-17)45-25-16-23-27(29(38)21(25)10-6-7-15-35)30(39)22-13-14-24(44-18(2)36)20(26(22)31(23)40)12-11-19-8-4-3-5-9-19/h3-5,8-9,11-14,16-17,28,32-35,37-38,41-42H,6-7,10,15H2,1-2H3/t17-,28-,32-,33-,34-/m1/s1. The molecule has 1 saturated heterocycles. The maximum atomic E-state index is 14.2. The number of phenols is 1. The maximum Gasteiger partial charge on any atom is 0.308 e. The molecule has 0 spiro atoms. The number of ketones is 2. The van der Waals surface area contributed by atoms with Crippen molar-refractivity contribution in [3.63, 3.8) is 0 Å². The van der Waals surface area contributed by atoms with Crippen molar-refractivity contribution in [2.75, 3.05) is 6.61 Å². The molecule has 5 atom stereocenters. The zero-order chi connectivity index (χ0) is 32.4. The number of aromatic hydroxyl groups is 1. The summed E-state index contributed by atoms with van der Waals surface area (Å²) in [5, 5.41) is 51.8. The van der Waals surface area contributed by atoms with E-state index >= 15 is 0 Å². The number of carbonyl (C=O) groups is 3. The van der Waals surface area contributed by atoms with Gasteiger partial charge in [-0.3, -0.25) is 14.4 Å². The van der Waals surface area contributed by atoms with Crippen LogP contribution in [0.3, 0.4) is 0 Å². The normalized spacial score (nSPS) is 22.7. The van der Waals surface area contributed by atoms with Crippen molar-refractivity contribution in [3.05, 3.63) is 87.5 Å². The molecule has 3 aromatic carbocycles. The first-order valence-electron chi connectivity index (χ1n) is 14.6. The van der Waals surface area contributed by atoms with E-state index in [1.807, 2.05) is 30.3 Å². The largest absolute Gasteiger partial charge is 0.507 e. The summed E-state index contributed by atoms with van der Waals surface area (Å²) in [6.45, 7) is 2.57. The van der Waals surface area contributed by atoms with E-state index < -0.39 is 54.0 Å². The second-order valence-electron chi connectivity index (χ2n) is 11.0. The molecule has 236 valence electrons. The van der Waals surface area contributed by atoms with Gasteiger partial charge in [-0.2, -0.15) is 0 Å². The van der Waals surface area contributed by atoms with Crippen LogP contribution in [0.15, 0.2) is 48.5 Å². The Bertz CT molecular complexity index is 1650. The number of hydrogen-bond donors (Lipinski definition) is 5. The highest BCUT2D eigenvalue weighted by Gasteiger charge is 2.44. The minimum Gasteiger partial charge on any atom is -0.507 e. The number of fused-ring (bicyclic) bond motifs is 2. The molecule has 11 heteroatoms. The van der Waals surface area contributed by atoms with Crippen LogP contribution >= 0.6 is 0 Å². The number of esters is 1. The third-order valence-electron chi connectivity index (χ3n) is 7.90. The Hall–Kier alpha value is -4.39. The second-order valence-corrected chi connectivity index (χ2v) is 11.0. The summed E-state index contributed by atoms with van der Waals surface area (Å²) in [6.07, 6.45) is -2.93. The smallest absolute Gasteiger partial charge is 0.308 e. The molecular weight excluding hydrogens is 584 g/mol. The van der Waals surface area contributed by atoms with Crippen LogP contribution in [0.2, 0.25) is 0 Å². The van der Waals surface area contributed by atoms with Crippen LogP contribution in [0.1, 0.15) is 75.2 Å². The highest BCUT2D eigenvalue weighted by molar-refractivity contribution is 6.31. The fourth-order valence-corrected chi connectivity index (χ4v) is 5.55. The minimum absolute atomic E-state index is 0.00152. The Morgan fingerprint density at radius 3 is 2.29 bits per heavy atom. The molecule has 0 radical (unpaired) electrons. The number of unbranched alkanes of at least 4 members (excludes halogenated alkanes) is 1. The molecule has 45 heavy (non-hydrogen) atoms. The van der Waals surface area contributed by atoms with Gasteiger partial charge in [0.2, 0.25) is 6.29 Å². The number of aliphatic hydroxyl groups excluding tert-OH is 4. The van der Waals surface area contributed by atoms with Gasteiger partial charge in [0.15, 0.2) is 11.6 Å². The van der Waals surface area contributed by atoms with Crippen molar-refractivity contribution in [3.8, 4) is 17.2 Å². The van der Waals surface area contributed by atoms with Gasteiger partial charge < -0.3 is 39.7 Å². The number of phenolic OH excluding ortho intramolecular Hbond substituents is 1. The summed E-state index contributed by atoms with van der Waals surface area (Å²) in [5.41, 5.74) is 0.617. The third-order valence-corrected chi connectivity index (χ3v) is 7.90. The molecule has 1 fully saturated rings. The second kappa shape index (κ2) is 13.3. The van der Waals surface area contributed by atoms with Crippen molar-refractivity contribution in [1.82, 2.24) is 0 Å². The topological polar surface area (TPSA) is 180 Å². The number of aliphatic hydroxyl groups is 4. The zero-order valence-corrected chi connectivity index (χ0v) is 24.7. The number of benzene rings is 3. The number of ether oxygens (including phenoxy) is 3. The van der Waals surface area contributed by atoms with Crippen molar-refractivity contribution in [2.45, 2.75) is 63.8 Å². The highest BCUT2D eigenvalue weighted by Crippen LogP contribution is 2.44. The van der Waals surface area contributed by atoms with E-state index in [0.717, 1.165) is 5.56 Å². The molecule has 1 heterocycles. The minimum atomic E-state index is -1.68. The molecule has 0 bridgehead atoms. The lowest BCUT2D eigenvalue weighted by molar-refractivity contribution is -0.268. The van der Waals surface area contributed by atoms with Gasteiger partial charge in [0.25, 0.3) is 0 Å². The monoisotopic (exact) mass is 618 g/mol. The Morgan fingerprint density at radius 1 is 0.889 bits per heavy atom. The predicted octanol–water partition coefficient (Wildman–Crippen LogP) is 2.78. The lowest BCUT2D eigenvalue weighted by Crippen LogP contribution is -2.58. The van der Waals surface area contributed by atoms with Gasteiger partial charge in [-0.25, -0.2) is 0 Å². The molecule has 3 aromatic rings. The first kappa shape index (κ1) is 32.0. The van der Waals surface area contributed by atoms with Crippen molar-refractivity contribution in [2.24, 2.45) is 0 Å². The van der Waals surface area contributed by atoms with Crippen LogP contribution < -0.4 is 9.47 Å². The van der Waals surface area contributed by atoms with Crippen LogP contribution in [0, 0.1) is 0 Å². The van der Waals surface area contributed by atoms with Gasteiger partial charge in [-0.15, -0.1) is 0 Å². The SMILES string of the molecule is CC(=O)Oc1ccc2c(c1C=Cc1ccccc1)C(=O)c1cc(O[C@H]3O[C@H](C)[C@@H](O)[C@@H](O)[C@H]3O)c(CCCCO)c(O)c1C2=O. The molecule has 1 aliphatic carbocycles. The lowest BCUT2D eigenvalue weighted by Gasteiger charge is -2.39. The summed E-state index contributed by atoms with van der Waals surface area (Å²) in [6, 6.07) is 13.2. The molecule has 5 rings (SSSR count). The molecule has 11 nitrogen and oxygen atoms in total. The van der Waals surface area contributed by atoms with E-state index in [-0.39, 0.29) is 57.9 Å². The lowest BCUT2D eigenvalue weighted by atomic mass is 9.79. The summed E-state index contributed by atoms with van der Waals surface area (Å²) in [4.78, 5) is 40.1. The first-order chi connectivity index (χ1) is 21.5. The third kappa shape index (κ3) is 6.26. The van der Waals surface area contributed by atoms with Crippen molar-refractivity contribution in [1.29, 1.82) is 0 Å². The van der Waals surface area contributed by atoms with E-state index in [1.54, 1.807) is 12.2 Å². The fourth-order valence-electron chi connectivity index (χ4n) is 5.55. The number of carbonyl (C=O) groups excluding carboxylic acids is 3. The summed E-state index contributed by atoms with van der Waals surface area (Å²) < 4.78 is 16.9. The van der Waals surface area contributed by atoms with Gasteiger partial charge >= 0.3 is 5.97 Å². The summed E-state index contributed by atoms with van der Waals surface area (Å²) in [5.74, 6) is -2.47. The summed E-state index contributed by atoms with van der Waals surface area (Å²) in [7, 11) is 0. The molecule has 1 aliphatic heterocycles. The van der Waals surface area contributed by atoms with E-state index in [2.05, 4.69) is 0 Å². The van der Waals surface area contributed by atoms with Crippen LogP contribution in [-0.2, 0) is 16.0 Å². The quantitative estimate of drug-likeness (QED) is 0.0806. The first-order valence-corrected chi connectivity index (χ1v) is 14.6. The molecular formula is C34H34O11. The Balaban J connectivity index is 1.65. The van der Waals surface area contributed by atoms with Gasteiger partial charge in [0.05, 0.1) is 11.7 Å². The highest BCUT2D eigenvalue weighted by atomic mass is 16.7. The Labute approximate surface area is 258 Å². The van der Waals surface area contributed by atoms with E-state index in [4.69, 9.17) is 14.2 Å². The molecule has 0 saturated carbocycles. The number of rotatable bonds is 9. The van der Waals surface area contributed by atoms with Crippen molar-refractivity contribution < 1.29 is 54.1 Å². The summed E-state index contributed by atoms with van der Waals surface area (Å²) >= 11 is 0. The van der Waals surface area contributed by atoms with Gasteiger partial charge in [0, 0.05) is 41.3 Å². The number of hydrogen-bond acceptors (Lipinski definition) is 11. The van der Waals surface area contributed by atoms with Crippen LogP contribution in [-0.4, -0.2) is 80.4 Å². The maximum absolute atomic E-state index is 14.2. The van der Waals surface area contributed by atoms with Crippen LogP contribution in [0.5, 0.6) is 17.2 Å². The molecule has 0 aromatic heterocycles. The van der Waals surface area contributed by atoms with E-state index in [1.165, 1.54) is 32.0 Å². The van der Waals surface area contributed by atoms with Crippen LogP contribution in [0.25, 0.3) is 12.2 Å². The van der Waals surface area contributed by atoms with Crippen LogP contribution in [0.4, 0.5) is 0 Å². The Kier molecular flexibility index (Phi) is 9.47. The fraction of sp³-hybridized carbons (Fsp3) is 0.324. The van der Waals surface area contributed by atoms with E-state index in [9.17, 15) is 39.9 Å². The van der Waals surface area contributed by atoms with Gasteiger partial charge in [-0.05, 0) is 56.0 Å². The molecule has 2 aliphatic rings. The molecule has 0 unspecified atom stereocenters. The Morgan fingerprint density at radius 2 is 1.60 bits per heavy atom. The van der Waals surface area contributed by atoms with Crippen molar-refractivity contribution >= 4 is 29.7 Å². The molecule has 5 N–H and O–H groups in total. The van der Waals surface area contributed by atoms with Gasteiger partial charge in [-0.1, -0.05) is 36.4 Å². The van der Waals surface area contributed by atoms with Gasteiger partial charge in [0.1, 0.15) is 35.6 Å². The molecule has 0 amide bonds. The zero-order valence-electron chi connectivity index (χ0n) is 24.7.